The molecule has 0 aromatic rings. The zero-order valence-corrected chi connectivity index (χ0v) is 30.0. The second-order valence-corrected chi connectivity index (χ2v) is 10.4. The first kappa shape index (κ1) is 46.3. The van der Waals surface area contributed by atoms with Gasteiger partial charge in [-0.05, 0) is 60.2 Å². The molecular weight excluding hydrogens is 700 g/mol. The molecule has 1 aliphatic rings. The number of aliphatic hydroxyl groups excluding tert-OH is 3. The third kappa shape index (κ3) is 23.7. The van der Waals surface area contributed by atoms with Gasteiger partial charge in [0.2, 0.25) is 12.2 Å². The smallest absolute Gasteiger partial charge is 0.407 e. The lowest BCUT2D eigenvalue weighted by atomic mass is 9.92. The lowest BCUT2D eigenvalue weighted by Gasteiger charge is -2.40. The van der Waals surface area contributed by atoms with Crippen LogP contribution in [0.5, 0.6) is 0 Å². The number of carbonyl (C=O) groups excluding carboxylic acids is 2. The van der Waals surface area contributed by atoms with Crippen LogP contribution in [0.15, 0.2) is 0 Å². The van der Waals surface area contributed by atoms with Gasteiger partial charge in [0.25, 0.3) is 0 Å². The summed E-state index contributed by atoms with van der Waals surface area (Å²) in [5, 5.41) is 34.6. The van der Waals surface area contributed by atoms with Crippen LogP contribution in [-0.2, 0) is 38.0 Å². The number of terminal acetylenes is 1. The van der Waals surface area contributed by atoms with E-state index in [4.69, 9.17) is 39.6 Å². The van der Waals surface area contributed by atoms with Crippen LogP contribution >= 0.6 is 0 Å². The van der Waals surface area contributed by atoms with E-state index in [1.54, 1.807) is 6.92 Å². The van der Waals surface area contributed by atoms with Crippen LogP contribution in [0.25, 0.3) is 0 Å². The largest absolute Gasteiger partial charge is 0.443 e. The minimum atomic E-state index is -1.19. The zero-order valence-electron chi connectivity index (χ0n) is 30.0. The van der Waals surface area contributed by atoms with E-state index < -0.39 is 49.5 Å². The molecule has 1 aliphatic heterocycles. The van der Waals surface area contributed by atoms with Gasteiger partial charge in [-0.2, -0.15) is 0 Å². The molecule has 1 heterocycles. The van der Waals surface area contributed by atoms with Gasteiger partial charge in [0, 0.05) is 86.5 Å². The van der Waals surface area contributed by atoms with E-state index in [9.17, 15) is 24.9 Å². The number of nitrogens with one attached hydrogen (secondary N) is 2. The molecule has 14 nitrogen and oxygen atoms in total. The van der Waals surface area contributed by atoms with E-state index in [2.05, 4.69) is 111 Å². The van der Waals surface area contributed by atoms with E-state index in [1.165, 1.54) is 7.11 Å². The number of hydrogen-bond donors (Lipinski definition) is 5. The van der Waals surface area contributed by atoms with Crippen molar-refractivity contribution in [3.8, 4) is 107 Å². The van der Waals surface area contributed by atoms with E-state index in [-0.39, 0.29) is 38.7 Å². The van der Waals surface area contributed by atoms with Crippen molar-refractivity contribution in [1.82, 2.24) is 10.6 Å². The second kappa shape index (κ2) is 32.0. The predicted molar refractivity (Wildman–Crippen MR) is 194 cm³/mol. The fourth-order valence-corrected chi connectivity index (χ4v) is 3.79. The van der Waals surface area contributed by atoms with Crippen molar-refractivity contribution in [3.63, 3.8) is 0 Å². The first-order valence-electron chi connectivity index (χ1n) is 16.5. The molecule has 0 radical (unpaired) electrons. The van der Waals surface area contributed by atoms with Crippen LogP contribution < -0.4 is 10.6 Å². The molecule has 54 heavy (non-hydrogen) atoms. The minimum Gasteiger partial charge on any atom is -0.443 e. The SMILES string of the molecule is C#CC#CC#CC#CC#CC#CC#CC#CC#COC(COC(=O)NCCOCCOCCCNC(=O)CCCOC1OC(CO)C(O)C(O)C1C)OC. The van der Waals surface area contributed by atoms with Crippen molar-refractivity contribution in [1.29, 1.82) is 0 Å². The van der Waals surface area contributed by atoms with Gasteiger partial charge in [0.05, 0.1) is 39.1 Å². The summed E-state index contributed by atoms with van der Waals surface area (Å²) in [5.41, 5.74) is 0. The maximum Gasteiger partial charge on any atom is 0.407 e. The summed E-state index contributed by atoms with van der Waals surface area (Å²) in [4.78, 5) is 23.9. The van der Waals surface area contributed by atoms with E-state index in [0.29, 0.717) is 39.2 Å². The first-order valence-corrected chi connectivity index (χ1v) is 16.5. The average Bonchev–Trinajstić information content (AvgIpc) is 3.17. The molecule has 0 aromatic carbocycles. The molecule has 0 bridgehead atoms. The summed E-state index contributed by atoms with van der Waals surface area (Å²) < 4.78 is 37.2. The molecule has 14 heteroatoms. The molecule has 0 aromatic heterocycles. The summed E-state index contributed by atoms with van der Waals surface area (Å²) in [5.74, 6) is 38.2. The van der Waals surface area contributed by atoms with Gasteiger partial charge in [-0.15, -0.1) is 6.42 Å². The molecule has 6 unspecified atom stereocenters. The summed E-state index contributed by atoms with van der Waals surface area (Å²) >= 11 is 0. The van der Waals surface area contributed by atoms with Crippen molar-refractivity contribution in [3.05, 3.63) is 0 Å². The summed E-state index contributed by atoms with van der Waals surface area (Å²) in [6.45, 7) is 3.20. The van der Waals surface area contributed by atoms with Gasteiger partial charge in [0.1, 0.15) is 18.3 Å². The van der Waals surface area contributed by atoms with Crippen LogP contribution in [0.4, 0.5) is 4.79 Å². The molecule has 0 aliphatic carbocycles. The number of methoxy groups -OCH3 is 1. The Kier molecular flexibility index (Phi) is 27.4. The number of carbonyl (C=O) groups is 2. The van der Waals surface area contributed by atoms with Gasteiger partial charge < -0.3 is 59.1 Å². The highest BCUT2D eigenvalue weighted by Gasteiger charge is 2.42. The van der Waals surface area contributed by atoms with Gasteiger partial charge in [-0.25, -0.2) is 4.79 Å². The molecule has 284 valence electrons. The minimum absolute atomic E-state index is 0.136. The van der Waals surface area contributed by atoms with E-state index in [1.807, 2.05) is 0 Å². The average molecular weight is 743 g/mol. The quantitative estimate of drug-likeness (QED) is 0.0568. The van der Waals surface area contributed by atoms with Gasteiger partial charge in [0.15, 0.2) is 12.9 Å². The molecule has 6 atom stereocenters. The molecule has 1 fully saturated rings. The maximum absolute atomic E-state index is 12.0. The van der Waals surface area contributed by atoms with Gasteiger partial charge in [-0.3, -0.25) is 4.79 Å². The lowest BCUT2D eigenvalue weighted by molar-refractivity contribution is -0.282. The monoisotopic (exact) mass is 742 g/mol. The van der Waals surface area contributed by atoms with Crippen LogP contribution in [0.1, 0.15) is 26.2 Å². The number of amides is 2. The fourth-order valence-electron chi connectivity index (χ4n) is 3.79. The Morgan fingerprint density at radius 3 is 1.94 bits per heavy atom. The Morgan fingerprint density at radius 2 is 1.35 bits per heavy atom. The second-order valence-electron chi connectivity index (χ2n) is 10.4. The molecule has 5 N–H and O–H groups in total. The molecular formula is C40H42N2O12. The predicted octanol–water partition coefficient (Wildman–Crippen LogP) is -1.27. The lowest BCUT2D eigenvalue weighted by Crippen LogP contribution is -2.55. The Labute approximate surface area is 317 Å². The van der Waals surface area contributed by atoms with Crippen molar-refractivity contribution < 1.29 is 58.1 Å². The van der Waals surface area contributed by atoms with E-state index in [0.717, 1.165) is 0 Å². The molecule has 2 amide bonds. The van der Waals surface area contributed by atoms with Crippen molar-refractivity contribution in [2.24, 2.45) is 5.92 Å². The zero-order chi connectivity index (χ0) is 39.5. The number of hydrogen-bond acceptors (Lipinski definition) is 12. The van der Waals surface area contributed by atoms with E-state index >= 15 is 0 Å². The summed E-state index contributed by atoms with van der Waals surface area (Å²) in [6.07, 6.45) is 2.95. The third-order valence-corrected chi connectivity index (χ3v) is 6.50. The maximum atomic E-state index is 12.0. The highest BCUT2D eigenvalue weighted by molar-refractivity contribution is 5.75. The molecule has 1 rings (SSSR count). The van der Waals surface area contributed by atoms with Crippen molar-refractivity contribution in [2.75, 3.05) is 66.4 Å². The van der Waals surface area contributed by atoms with Crippen LogP contribution in [-0.4, -0.2) is 125 Å². The summed E-state index contributed by atoms with van der Waals surface area (Å²) in [7, 11) is 1.36. The topological polar surface area (TPSA) is 183 Å². The highest BCUT2D eigenvalue weighted by Crippen LogP contribution is 2.26. The molecule has 0 saturated carbocycles. The van der Waals surface area contributed by atoms with Gasteiger partial charge >= 0.3 is 6.09 Å². The van der Waals surface area contributed by atoms with Gasteiger partial charge in [-0.1, -0.05) is 6.92 Å². The van der Waals surface area contributed by atoms with Crippen molar-refractivity contribution >= 4 is 12.0 Å². The Bertz CT molecular complexity index is 1730. The fraction of sp³-hybridized carbons (Fsp3) is 0.500. The number of alkyl carbamates (subject to hydrolysis) is 1. The Morgan fingerprint density at radius 1 is 0.759 bits per heavy atom. The normalized spacial score (nSPS) is 17.9. The Balaban J connectivity index is 2.04. The summed E-state index contributed by atoms with van der Waals surface area (Å²) in [6, 6.07) is 0. The molecule has 1 saturated heterocycles. The molecule has 0 spiro atoms. The van der Waals surface area contributed by atoms with Crippen LogP contribution in [0.2, 0.25) is 0 Å². The first-order chi connectivity index (χ1) is 26.3. The number of rotatable bonds is 20. The van der Waals surface area contributed by atoms with Crippen molar-refractivity contribution in [2.45, 2.75) is 57.1 Å². The third-order valence-electron chi connectivity index (χ3n) is 6.50. The highest BCUT2D eigenvalue weighted by atomic mass is 16.7. The van der Waals surface area contributed by atoms with Crippen LogP contribution in [0, 0.1) is 113 Å². The number of aliphatic hydroxyl groups is 3. The standard InChI is InChI=1S/C40H42N2O12/c1-4-5-6-7-8-9-10-11-12-13-14-15-16-17-18-19-26-51-36(48-3)32-53-40(47)42-24-28-50-30-29-49-25-21-23-41-35(44)22-20-27-52-39-33(2)37(45)38(46)34(31-43)54-39/h1,33-34,36-39,43,45-46H,20-25,27-32H2,2-3H3,(H,41,44)(H,42,47). The number of ether oxygens (including phenoxy) is 7. The Hall–Kier alpha value is -5.74. The van der Waals surface area contributed by atoms with Crippen LogP contribution in [0.3, 0.4) is 0 Å².